The number of nitrogens with zero attached hydrogens (tertiary/aromatic N) is 1. The SMILES string of the molecule is CC(C)c1cc(-c2ccc(OCC(=O)NCc3ccccc3)c(C(C)C)c2)ccc1OCCN(C)C. The zero-order chi connectivity index (χ0) is 26.1. The number of carbonyl (C=O) groups excluding carboxylic acids is 1. The van der Waals surface area contributed by atoms with Gasteiger partial charge in [-0.05, 0) is 78.0 Å². The maximum Gasteiger partial charge on any atom is 0.258 e. The topological polar surface area (TPSA) is 50.8 Å². The van der Waals surface area contributed by atoms with Crippen molar-refractivity contribution in [1.82, 2.24) is 10.2 Å². The number of hydrogen-bond donors (Lipinski definition) is 1. The van der Waals surface area contributed by atoms with E-state index >= 15 is 0 Å². The van der Waals surface area contributed by atoms with Gasteiger partial charge in [-0.25, -0.2) is 0 Å². The first-order valence-electron chi connectivity index (χ1n) is 12.7. The highest BCUT2D eigenvalue weighted by atomic mass is 16.5. The monoisotopic (exact) mass is 488 g/mol. The van der Waals surface area contributed by atoms with Gasteiger partial charge in [0.2, 0.25) is 0 Å². The maximum absolute atomic E-state index is 12.4. The maximum atomic E-state index is 12.4. The van der Waals surface area contributed by atoms with Crippen LogP contribution < -0.4 is 14.8 Å². The Balaban J connectivity index is 1.72. The fourth-order valence-electron chi connectivity index (χ4n) is 3.95. The number of likely N-dealkylation sites (N-methyl/N-ethyl adjacent to an activating group) is 1. The molecule has 3 aromatic rings. The van der Waals surface area contributed by atoms with Crippen molar-refractivity contribution in [3.8, 4) is 22.6 Å². The summed E-state index contributed by atoms with van der Waals surface area (Å²) >= 11 is 0. The van der Waals surface area contributed by atoms with E-state index in [-0.39, 0.29) is 18.4 Å². The quantitative estimate of drug-likeness (QED) is 0.328. The molecule has 0 heterocycles. The summed E-state index contributed by atoms with van der Waals surface area (Å²) in [6.07, 6.45) is 0. The lowest BCUT2D eigenvalue weighted by molar-refractivity contribution is -0.123. The van der Waals surface area contributed by atoms with Gasteiger partial charge in [0.25, 0.3) is 5.91 Å². The van der Waals surface area contributed by atoms with Crippen molar-refractivity contribution in [2.24, 2.45) is 0 Å². The molecular formula is C31H40N2O3. The minimum Gasteiger partial charge on any atom is -0.492 e. The van der Waals surface area contributed by atoms with Gasteiger partial charge >= 0.3 is 0 Å². The molecule has 3 aromatic carbocycles. The second-order valence-electron chi connectivity index (χ2n) is 10.0. The van der Waals surface area contributed by atoms with Crippen molar-refractivity contribution < 1.29 is 14.3 Å². The van der Waals surface area contributed by atoms with E-state index in [2.05, 4.69) is 68.2 Å². The van der Waals surface area contributed by atoms with E-state index in [1.807, 2.05) is 50.5 Å². The molecule has 3 rings (SSSR count). The molecule has 5 nitrogen and oxygen atoms in total. The van der Waals surface area contributed by atoms with Gasteiger partial charge in [0.15, 0.2) is 6.61 Å². The molecule has 0 aromatic heterocycles. The normalized spacial score (nSPS) is 11.2. The van der Waals surface area contributed by atoms with Crippen LogP contribution in [-0.4, -0.2) is 44.7 Å². The molecule has 192 valence electrons. The Kier molecular flexibility index (Phi) is 9.95. The lowest BCUT2D eigenvalue weighted by Crippen LogP contribution is -2.28. The highest BCUT2D eigenvalue weighted by molar-refractivity contribution is 5.77. The minimum atomic E-state index is -0.135. The summed E-state index contributed by atoms with van der Waals surface area (Å²) < 4.78 is 12.0. The number of ether oxygens (including phenoxy) is 2. The zero-order valence-electron chi connectivity index (χ0n) is 22.5. The van der Waals surface area contributed by atoms with E-state index in [1.165, 1.54) is 5.56 Å². The summed E-state index contributed by atoms with van der Waals surface area (Å²) in [5.41, 5.74) is 5.62. The molecule has 5 heteroatoms. The van der Waals surface area contributed by atoms with Crippen LogP contribution in [0.15, 0.2) is 66.7 Å². The van der Waals surface area contributed by atoms with E-state index in [1.54, 1.807) is 0 Å². The van der Waals surface area contributed by atoms with Crippen LogP contribution in [0.5, 0.6) is 11.5 Å². The molecule has 0 aliphatic rings. The summed E-state index contributed by atoms with van der Waals surface area (Å²) in [5.74, 6) is 2.16. The highest BCUT2D eigenvalue weighted by Crippen LogP contribution is 2.35. The van der Waals surface area contributed by atoms with Crippen LogP contribution >= 0.6 is 0 Å². The van der Waals surface area contributed by atoms with Crippen LogP contribution in [0.4, 0.5) is 0 Å². The summed E-state index contributed by atoms with van der Waals surface area (Å²) in [6.45, 7) is 10.7. The van der Waals surface area contributed by atoms with Gasteiger partial charge < -0.3 is 19.7 Å². The van der Waals surface area contributed by atoms with Crippen LogP contribution in [0.25, 0.3) is 11.1 Å². The molecule has 0 atom stereocenters. The van der Waals surface area contributed by atoms with Crippen molar-refractivity contribution in [2.45, 2.75) is 46.1 Å². The molecule has 0 radical (unpaired) electrons. The number of benzene rings is 3. The van der Waals surface area contributed by atoms with Gasteiger partial charge in [0.1, 0.15) is 18.1 Å². The molecule has 36 heavy (non-hydrogen) atoms. The van der Waals surface area contributed by atoms with Crippen molar-refractivity contribution in [3.05, 3.63) is 83.4 Å². The third kappa shape index (κ3) is 7.85. The first-order chi connectivity index (χ1) is 17.2. The molecule has 0 spiro atoms. The number of amides is 1. The predicted octanol–water partition coefficient (Wildman–Crippen LogP) is 6.24. The van der Waals surface area contributed by atoms with Gasteiger partial charge in [-0.15, -0.1) is 0 Å². The van der Waals surface area contributed by atoms with Gasteiger partial charge in [-0.1, -0.05) is 70.2 Å². The van der Waals surface area contributed by atoms with Gasteiger partial charge in [0.05, 0.1) is 0 Å². The molecule has 1 amide bonds. The Morgan fingerprint density at radius 3 is 1.89 bits per heavy atom. The Labute approximate surface area is 216 Å². The van der Waals surface area contributed by atoms with E-state index in [4.69, 9.17) is 9.47 Å². The van der Waals surface area contributed by atoms with Crippen LogP contribution in [0.3, 0.4) is 0 Å². The van der Waals surface area contributed by atoms with Crippen LogP contribution in [0.1, 0.15) is 56.2 Å². The third-order valence-electron chi connectivity index (χ3n) is 6.08. The van der Waals surface area contributed by atoms with Crippen molar-refractivity contribution in [3.63, 3.8) is 0 Å². The number of nitrogens with one attached hydrogen (secondary N) is 1. The summed E-state index contributed by atoms with van der Waals surface area (Å²) in [5, 5.41) is 2.92. The fraction of sp³-hybridized carbons (Fsp3) is 0.387. The highest BCUT2D eigenvalue weighted by Gasteiger charge is 2.14. The average molecular weight is 489 g/mol. The van der Waals surface area contributed by atoms with Crippen LogP contribution in [0.2, 0.25) is 0 Å². The molecule has 0 aliphatic heterocycles. The fourth-order valence-corrected chi connectivity index (χ4v) is 3.95. The van der Waals surface area contributed by atoms with Gasteiger partial charge in [-0.3, -0.25) is 4.79 Å². The molecular weight excluding hydrogens is 448 g/mol. The Bertz CT molecular complexity index is 1120. The zero-order valence-corrected chi connectivity index (χ0v) is 22.5. The largest absolute Gasteiger partial charge is 0.492 e. The second-order valence-corrected chi connectivity index (χ2v) is 10.0. The van der Waals surface area contributed by atoms with Crippen LogP contribution in [-0.2, 0) is 11.3 Å². The minimum absolute atomic E-state index is 0.0115. The molecule has 0 aliphatic carbocycles. The first kappa shape index (κ1) is 27.3. The summed E-state index contributed by atoms with van der Waals surface area (Å²) in [4.78, 5) is 14.5. The van der Waals surface area contributed by atoms with Crippen LogP contribution in [0, 0.1) is 0 Å². The summed E-state index contributed by atoms with van der Waals surface area (Å²) in [7, 11) is 4.10. The number of hydrogen-bond acceptors (Lipinski definition) is 4. The third-order valence-corrected chi connectivity index (χ3v) is 6.08. The molecule has 1 N–H and O–H groups in total. The van der Waals surface area contributed by atoms with E-state index in [0.29, 0.717) is 19.1 Å². The average Bonchev–Trinajstić information content (AvgIpc) is 2.86. The summed E-state index contributed by atoms with van der Waals surface area (Å²) in [6, 6.07) is 22.5. The lowest BCUT2D eigenvalue weighted by atomic mass is 9.93. The number of rotatable bonds is 12. The molecule has 0 unspecified atom stereocenters. The van der Waals surface area contributed by atoms with E-state index in [9.17, 15) is 4.79 Å². The van der Waals surface area contributed by atoms with Gasteiger partial charge in [-0.2, -0.15) is 0 Å². The Morgan fingerprint density at radius 1 is 0.806 bits per heavy atom. The molecule has 0 bridgehead atoms. The molecule has 0 saturated carbocycles. The van der Waals surface area contributed by atoms with Gasteiger partial charge in [0, 0.05) is 13.1 Å². The van der Waals surface area contributed by atoms with Crippen molar-refractivity contribution in [2.75, 3.05) is 33.9 Å². The molecule has 0 saturated heterocycles. The lowest BCUT2D eigenvalue weighted by Gasteiger charge is -2.19. The smallest absolute Gasteiger partial charge is 0.258 e. The Morgan fingerprint density at radius 2 is 1.36 bits per heavy atom. The second kappa shape index (κ2) is 13.1. The standard InChI is InChI=1S/C31H40N2O3/c1-22(2)27-18-25(12-14-29(27)35-17-16-33(5)6)26-13-15-30(28(19-26)23(3)4)36-21-31(34)32-20-24-10-8-7-9-11-24/h7-15,18-19,22-23H,16-17,20-21H2,1-6H3,(H,32,34). The number of carbonyl (C=O) groups is 1. The van der Waals surface area contributed by atoms with E-state index in [0.717, 1.165) is 40.3 Å². The van der Waals surface area contributed by atoms with Crippen molar-refractivity contribution >= 4 is 5.91 Å². The Hall–Kier alpha value is -3.31. The van der Waals surface area contributed by atoms with Crippen molar-refractivity contribution in [1.29, 1.82) is 0 Å². The predicted molar refractivity (Wildman–Crippen MR) is 148 cm³/mol. The first-order valence-corrected chi connectivity index (χ1v) is 12.7. The van der Waals surface area contributed by atoms with E-state index < -0.39 is 0 Å². The molecule has 0 fully saturated rings.